The Kier molecular flexibility index (Phi) is 6.96. The van der Waals surface area contributed by atoms with E-state index in [4.69, 9.17) is 14.5 Å². The number of anilines is 1. The Morgan fingerprint density at radius 2 is 2.09 bits per heavy atom. The van der Waals surface area contributed by atoms with E-state index in [0.717, 1.165) is 34.5 Å². The van der Waals surface area contributed by atoms with Gasteiger partial charge < -0.3 is 14.0 Å². The van der Waals surface area contributed by atoms with Crippen molar-refractivity contribution in [1.29, 1.82) is 0 Å². The first-order valence-corrected chi connectivity index (χ1v) is 11.2. The number of carbonyl (C=O) groups excluding carboxylic acids is 1. The Balaban J connectivity index is 0.00000259. The monoisotopic (exact) mass is 482 g/mol. The minimum Gasteiger partial charge on any atom is -0.454 e. The van der Waals surface area contributed by atoms with Crippen molar-refractivity contribution in [3.05, 3.63) is 72.3 Å². The van der Waals surface area contributed by atoms with Crippen LogP contribution < -0.4 is 14.4 Å². The van der Waals surface area contributed by atoms with Gasteiger partial charge in [0.25, 0.3) is 5.91 Å². The number of fused-ring (bicyclic) bond motifs is 2. The summed E-state index contributed by atoms with van der Waals surface area (Å²) in [5.41, 5.74) is 2.96. The van der Waals surface area contributed by atoms with E-state index in [9.17, 15) is 4.79 Å². The molecule has 170 valence electrons. The quantitative estimate of drug-likeness (QED) is 0.343. The molecule has 0 spiro atoms. The van der Waals surface area contributed by atoms with E-state index in [1.807, 2.05) is 41.1 Å². The molecule has 1 aliphatic heterocycles. The van der Waals surface area contributed by atoms with Crippen molar-refractivity contribution in [2.45, 2.75) is 19.9 Å². The molecule has 9 heteroatoms. The third-order valence-electron chi connectivity index (χ3n) is 5.20. The Morgan fingerprint density at radius 3 is 2.94 bits per heavy atom. The standard InChI is InChI=1S/C24H22N4O3S.ClH/c1-17-3-6-19-22(13-17)32-24(26-19)28(11-2-10-27-12-9-25-15-27)23(29)8-5-18-4-7-20-21(14-18)31-16-30-20;/h3-9,12-15H,2,10-11,16H2,1H3;1H. The van der Waals surface area contributed by atoms with Crippen molar-refractivity contribution in [3.63, 3.8) is 0 Å². The number of rotatable bonds is 7. The number of carbonyl (C=O) groups is 1. The van der Waals surface area contributed by atoms with Crippen molar-refractivity contribution in [2.24, 2.45) is 0 Å². The molecule has 0 N–H and O–H groups in total. The van der Waals surface area contributed by atoms with Gasteiger partial charge in [0.1, 0.15) is 0 Å². The predicted molar refractivity (Wildman–Crippen MR) is 132 cm³/mol. The van der Waals surface area contributed by atoms with Gasteiger partial charge in [0.05, 0.1) is 16.5 Å². The van der Waals surface area contributed by atoms with E-state index in [2.05, 4.69) is 18.0 Å². The number of halogens is 1. The molecule has 0 fully saturated rings. The fourth-order valence-electron chi connectivity index (χ4n) is 3.54. The van der Waals surface area contributed by atoms with Gasteiger partial charge in [-0.15, -0.1) is 12.4 Å². The Bertz CT molecular complexity index is 1290. The lowest BCUT2D eigenvalue weighted by Gasteiger charge is -2.18. The number of thiazole rings is 1. The van der Waals surface area contributed by atoms with Crippen LogP contribution in [0.2, 0.25) is 0 Å². The van der Waals surface area contributed by atoms with E-state index in [-0.39, 0.29) is 25.1 Å². The highest BCUT2D eigenvalue weighted by atomic mass is 35.5. The highest BCUT2D eigenvalue weighted by Crippen LogP contribution is 2.33. The summed E-state index contributed by atoms with van der Waals surface area (Å²) in [6, 6.07) is 11.8. The van der Waals surface area contributed by atoms with Crippen LogP contribution in [0, 0.1) is 6.92 Å². The number of hydrogen-bond acceptors (Lipinski definition) is 6. The van der Waals surface area contributed by atoms with Crippen LogP contribution in [0.15, 0.2) is 61.2 Å². The van der Waals surface area contributed by atoms with E-state index < -0.39 is 0 Å². The van der Waals surface area contributed by atoms with Crippen LogP contribution in [0.1, 0.15) is 17.5 Å². The maximum atomic E-state index is 13.2. The summed E-state index contributed by atoms with van der Waals surface area (Å²) in [7, 11) is 0. The van der Waals surface area contributed by atoms with E-state index in [1.165, 1.54) is 16.9 Å². The lowest BCUT2D eigenvalue weighted by atomic mass is 10.2. The first kappa shape index (κ1) is 22.8. The summed E-state index contributed by atoms with van der Waals surface area (Å²) in [4.78, 5) is 23.8. The van der Waals surface area contributed by atoms with Gasteiger partial charge in [-0.25, -0.2) is 9.97 Å². The smallest absolute Gasteiger partial charge is 0.252 e. The summed E-state index contributed by atoms with van der Waals surface area (Å²) in [5, 5.41) is 0.705. The van der Waals surface area contributed by atoms with E-state index in [0.29, 0.717) is 17.4 Å². The van der Waals surface area contributed by atoms with Crippen LogP contribution in [-0.2, 0) is 11.3 Å². The van der Waals surface area contributed by atoms with Crippen LogP contribution in [0.25, 0.3) is 16.3 Å². The second-order valence-electron chi connectivity index (χ2n) is 7.56. The number of benzene rings is 2. The predicted octanol–water partition coefficient (Wildman–Crippen LogP) is 5.09. The minimum atomic E-state index is -0.107. The minimum absolute atomic E-state index is 0. The Morgan fingerprint density at radius 1 is 1.21 bits per heavy atom. The van der Waals surface area contributed by atoms with Crippen LogP contribution >= 0.6 is 23.7 Å². The van der Waals surface area contributed by atoms with Gasteiger partial charge in [-0.1, -0.05) is 23.5 Å². The molecule has 33 heavy (non-hydrogen) atoms. The van der Waals surface area contributed by atoms with E-state index >= 15 is 0 Å². The Labute approximate surface area is 201 Å². The number of aromatic nitrogens is 3. The molecule has 0 bridgehead atoms. The van der Waals surface area contributed by atoms with Gasteiger partial charge in [0, 0.05) is 31.6 Å². The molecule has 0 aliphatic carbocycles. The van der Waals surface area contributed by atoms with Gasteiger partial charge in [-0.05, 0) is 54.8 Å². The number of aryl methyl sites for hydroxylation is 2. The highest BCUT2D eigenvalue weighted by Gasteiger charge is 2.18. The first-order chi connectivity index (χ1) is 15.7. The SMILES string of the molecule is Cc1ccc2nc(N(CCCn3ccnc3)C(=O)C=Cc3ccc4c(c3)OCO4)sc2c1.Cl. The first-order valence-electron chi connectivity index (χ1n) is 10.4. The number of nitrogens with zero attached hydrogens (tertiary/aromatic N) is 4. The molecule has 7 nitrogen and oxygen atoms in total. The van der Waals surface area contributed by atoms with Crippen molar-refractivity contribution in [2.75, 3.05) is 18.2 Å². The van der Waals surface area contributed by atoms with Crippen molar-refractivity contribution in [3.8, 4) is 11.5 Å². The lowest BCUT2D eigenvalue weighted by Crippen LogP contribution is -2.30. The molecule has 2 aromatic carbocycles. The maximum absolute atomic E-state index is 13.2. The molecule has 2 aromatic heterocycles. The summed E-state index contributed by atoms with van der Waals surface area (Å²) in [6.07, 6.45) is 9.64. The highest BCUT2D eigenvalue weighted by molar-refractivity contribution is 7.22. The van der Waals surface area contributed by atoms with Gasteiger partial charge in [0.2, 0.25) is 6.79 Å². The molecule has 3 heterocycles. The molecule has 1 amide bonds. The van der Waals surface area contributed by atoms with Crippen LogP contribution in [0.5, 0.6) is 11.5 Å². The molecule has 0 atom stereocenters. The normalized spacial score (nSPS) is 12.3. The zero-order chi connectivity index (χ0) is 21.9. The summed E-state index contributed by atoms with van der Waals surface area (Å²) >= 11 is 1.54. The van der Waals surface area contributed by atoms with Crippen molar-refractivity contribution < 1.29 is 14.3 Å². The molecular formula is C24H23ClN4O3S. The zero-order valence-corrected chi connectivity index (χ0v) is 19.6. The van der Waals surface area contributed by atoms with E-state index in [1.54, 1.807) is 29.6 Å². The molecule has 0 saturated heterocycles. The average Bonchev–Trinajstić information content (AvgIpc) is 3.55. The summed E-state index contributed by atoms with van der Waals surface area (Å²) in [5.74, 6) is 1.31. The fourth-order valence-corrected chi connectivity index (χ4v) is 4.64. The zero-order valence-electron chi connectivity index (χ0n) is 18.0. The van der Waals surface area contributed by atoms with Gasteiger partial charge in [-0.3, -0.25) is 9.69 Å². The lowest BCUT2D eigenvalue weighted by molar-refractivity contribution is -0.114. The summed E-state index contributed by atoms with van der Waals surface area (Å²) < 4.78 is 13.9. The van der Waals surface area contributed by atoms with Crippen molar-refractivity contribution in [1.82, 2.24) is 14.5 Å². The second kappa shape index (κ2) is 10.1. The number of imidazole rings is 1. The number of hydrogen-bond donors (Lipinski definition) is 0. The maximum Gasteiger partial charge on any atom is 0.252 e. The second-order valence-corrected chi connectivity index (χ2v) is 8.57. The molecule has 0 radical (unpaired) electrons. The molecule has 0 unspecified atom stereocenters. The van der Waals surface area contributed by atoms with Crippen LogP contribution in [0.4, 0.5) is 5.13 Å². The molecular weight excluding hydrogens is 460 g/mol. The number of amides is 1. The molecule has 0 saturated carbocycles. The Hall–Kier alpha value is -3.36. The molecule has 4 aromatic rings. The van der Waals surface area contributed by atoms with Gasteiger partial charge >= 0.3 is 0 Å². The van der Waals surface area contributed by atoms with Crippen LogP contribution in [0.3, 0.4) is 0 Å². The summed E-state index contributed by atoms with van der Waals surface area (Å²) in [6.45, 7) is 3.62. The number of ether oxygens (including phenoxy) is 2. The third-order valence-corrected chi connectivity index (χ3v) is 6.24. The van der Waals surface area contributed by atoms with Crippen LogP contribution in [-0.4, -0.2) is 33.8 Å². The van der Waals surface area contributed by atoms with Gasteiger partial charge in [0.15, 0.2) is 16.6 Å². The molecule has 1 aliphatic rings. The fraction of sp³-hybridized carbons (Fsp3) is 0.208. The van der Waals surface area contributed by atoms with Gasteiger partial charge in [-0.2, -0.15) is 0 Å². The largest absolute Gasteiger partial charge is 0.454 e. The van der Waals surface area contributed by atoms with Crippen molar-refractivity contribution >= 4 is 51.1 Å². The third kappa shape index (κ3) is 5.18. The average molecular weight is 483 g/mol. The topological polar surface area (TPSA) is 69.5 Å². The molecule has 5 rings (SSSR count).